The van der Waals surface area contributed by atoms with Gasteiger partial charge in [-0.2, -0.15) is 0 Å². The summed E-state index contributed by atoms with van der Waals surface area (Å²) in [4.78, 5) is 23.8. The van der Waals surface area contributed by atoms with Gasteiger partial charge in [-0.15, -0.1) is 0 Å². The molecule has 0 aromatic heterocycles. The minimum atomic E-state index is -0.573. The van der Waals surface area contributed by atoms with Crippen LogP contribution in [-0.4, -0.2) is 30.4 Å². The Morgan fingerprint density at radius 2 is 1.37 bits per heavy atom. The Bertz CT molecular complexity index is 618. The molecule has 0 radical (unpaired) electrons. The van der Waals surface area contributed by atoms with Gasteiger partial charge in [0.2, 0.25) is 0 Å². The van der Waals surface area contributed by atoms with Crippen LogP contribution in [0.4, 0.5) is 10.5 Å². The molecule has 1 aromatic rings. The van der Waals surface area contributed by atoms with Crippen molar-refractivity contribution < 1.29 is 24.2 Å². The first kappa shape index (κ1) is 25.8. The number of amides is 1. The number of nitrogens with one attached hydrogen (secondary N) is 1. The molecule has 2 N–H and O–H groups in total. The summed E-state index contributed by atoms with van der Waals surface area (Å²) in [7, 11) is 0. The fraction of sp³-hybridized carbons (Fsp3) is 0.667. The first-order valence-electron chi connectivity index (χ1n) is 11.5. The Morgan fingerprint density at radius 3 is 1.97 bits per heavy atom. The summed E-state index contributed by atoms with van der Waals surface area (Å²) < 4.78 is 10.3. The van der Waals surface area contributed by atoms with E-state index in [1.54, 1.807) is 0 Å². The number of carbonyl (C=O) groups excluding carboxylic acids is 2. The SMILES string of the molecule is CCCCCCCCCCCCOC(=O)Nc1ccc(C(=O)OCCCC)c(O)c1. The quantitative estimate of drug-likeness (QED) is 0.226. The number of rotatable bonds is 16. The van der Waals surface area contributed by atoms with Crippen molar-refractivity contribution in [1.82, 2.24) is 0 Å². The van der Waals surface area contributed by atoms with Gasteiger partial charge < -0.3 is 14.6 Å². The second-order valence-electron chi connectivity index (χ2n) is 7.66. The van der Waals surface area contributed by atoms with Gasteiger partial charge in [0.05, 0.1) is 13.2 Å². The van der Waals surface area contributed by atoms with Gasteiger partial charge in [0.15, 0.2) is 0 Å². The van der Waals surface area contributed by atoms with Crippen LogP contribution in [-0.2, 0) is 9.47 Å². The van der Waals surface area contributed by atoms with Crippen molar-refractivity contribution in [2.45, 2.75) is 90.9 Å². The van der Waals surface area contributed by atoms with E-state index in [4.69, 9.17) is 9.47 Å². The maximum atomic E-state index is 11.9. The van der Waals surface area contributed by atoms with Crippen LogP contribution < -0.4 is 5.32 Å². The standard InChI is InChI=1S/C24H39NO5/c1-3-5-7-8-9-10-11-12-13-14-18-30-24(28)25-20-15-16-21(22(26)19-20)23(27)29-17-6-4-2/h15-16,19,26H,3-14,17-18H2,1-2H3,(H,25,28). The lowest BCUT2D eigenvalue weighted by Gasteiger charge is -2.09. The molecule has 6 heteroatoms. The van der Waals surface area contributed by atoms with Gasteiger partial charge in [-0.1, -0.05) is 78.1 Å². The van der Waals surface area contributed by atoms with Crippen molar-refractivity contribution in [3.63, 3.8) is 0 Å². The average molecular weight is 422 g/mol. The van der Waals surface area contributed by atoms with Crippen molar-refractivity contribution in [2.75, 3.05) is 18.5 Å². The number of carbonyl (C=O) groups is 2. The molecule has 170 valence electrons. The second-order valence-corrected chi connectivity index (χ2v) is 7.66. The number of phenolic OH excluding ortho intramolecular Hbond substituents is 1. The maximum Gasteiger partial charge on any atom is 0.411 e. The highest BCUT2D eigenvalue weighted by Crippen LogP contribution is 2.23. The molecule has 0 unspecified atom stereocenters. The van der Waals surface area contributed by atoms with Gasteiger partial charge in [-0.05, 0) is 25.0 Å². The fourth-order valence-corrected chi connectivity index (χ4v) is 3.08. The van der Waals surface area contributed by atoms with Crippen LogP contribution in [0, 0.1) is 0 Å². The fourth-order valence-electron chi connectivity index (χ4n) is 3.08. The molecule has 1 aromatic carbocycles. The molecule has 0 fully saturated rings. The van der Waals surface area contributed by atoms with Gasteiger partial charge >= 0.3 is 12.1 Å². The number of phenols is 1. The summed E-state index contributed by atoms with van der Waals surface area (Å²) in [5, 5.41) is 12.6. The molecular formula is C24H39NO5. The zero-order valence-corrected chi connectivity index (χ0v) is 18.7. The number of unbranched alkanes of at least 4 members (excludes halogenated alkanes) is 10. The zero-order valence-electron chi connectivity index (χ0n) is 18.7. The van der Waals surface area contributed by atoms with E-state index in [9.17, 15) is 14.7 Å². The largest absolute Gasteiger partial charge is 0.507 e. The maximum absolute atomic E-state index is 11.9. The van der Waals surface area contributed by atoms with Crippen LogP contribution in [0.3, 0.4) is 0 Å². The summed E-state index contributed by atoms with van der Waals surface area (Å²) in [5.41, 5.74) is 0.445. The second kappa shape index (κ2) is 16.5. The monoisotopic (exact) mass is 421 g/mol. The molecule has 6 nitrogen and oxygen atoms in total. The van der Waals surface area contributed by atoms with Crippen molar-refractivity contribution in [2.24, 2.45) is 0 Å². The number of benzene rings is 1. The Morgan fingerprint density at radius 1 is 0.800 bits per heavy atom. The minimum absolute atomic E-state index is 0.0791. The number of hydrogen-bond donors (Lipinski definition) is 2. The molecule has 30 heavy (non-hydrogen) atoms. The lowest BCUT2D eigenvalue weighted by Crippen LogP contribution is -2.14. The molecule has 0 heterocycles. The highest BCUT2D eigenvalue weighted by molar-refractivity contribution is 5.94. The summed E-state index contributed by atoms with van der Waals surface area (Å²) in [6.07, 6.45) is 13.4. The molecule has 0 saturated carbocycles. The van der Waals surface area contributed by atoms with Gasteiger partial charge in [-0.3, -0.25) is 5.32 Å². The van der Waals surface area contributed by atoms with Crippen LogP contribution in [0.25, 0.3) is 0 Å². The number of ether oxygens (including phenoxy) is 2. The number of esters is 1. The number of hydrogen-bond acceptors (Lipinski definition) is 5. The average Bonchev–Trinajstić information content (AvgIpc) is 2.72. The van der Waals surface area contributed by atoms with E-state index < -0.39 is 12.1 Å². The van der Waals surface area contributed by atoms with E-state index in [-0.39, 0.29) is 11.3 Å². The zero-order chi connectivity index (χ0) is 22.0. The van der Waals surface area contributed by atoms with Crippen LogP contribution in [0.5, 0.6) is 5.75 Å². The summed E-state index contributed by atoms with van der Waals surface area (Å²) in [6, 6.07) is 4.29. The van der Waals surface area contributed by atoms with Gasteiger partial charge in [-0.25, -0.2) is 9.59 Å². The summed E-state index contributed by atoms with van der Waals surface area (Å²) >= 11 is 0. The van der Waals surface area contributed by atoms with Gasteiger partial charge in [0.25, 0.3) is 0 Å². The normalized spacial score (nSPS) is 10.6. The Hall–Kier alpha value is -2.24. The topological polar surface area (TPSA) is 84.9 Å². The number of aromatic hydroxyl groups is 1. The van der Waals surface area contributed by atoms with Crippen molar-refractivity contribution in [1.29, 1.82) is 0 Å². The molecule has 1 amide bonds. The molecule has 0 aliphatic carbocycles. The Kier molecular flexibility index (Phi) is 14.2. The van der Waals surface area contributed by atoms with Gasteiger partial charge in [0.1, 0.15) is 11.3 Å². The number of anilines is 1. The van der Waals surface area contributed by atoms with Crippen molar-refractivity contribution in [3.8, 4) is 5.75 Å². The molecule has 0 atom stereocenters. The van der Waals surface area contributed by atoms with E-state index in [0.717, 1.165) is 25.7 Å². The molecule has 0 spiro atoms. The van der Waals surface area contributed by atoms with Crippen LogP contribution in [0.15, 0.2) is 18.2 Å². The van der Waals surface area contributed by atoms with E-state index >= 15 is 0 Å². The Labute approximate surface area is 181 Å². The smallest absolute Gasteiger partial charge is 0.411 e. The third kappa shape index (κ3) is 11.7. The highest BCUT2D eigenvalue weighted by atomic mass is 16.5. The predicted molar refractivity (Wildman–Crippen MR) is 120 cm³/mol. The predicted octanol–water partition coefficient (Wildman–Crippen LogP) is 6.82. The molecule has 0 aliphatic heterocycles. The van der Waals surface area contributed by atoms with E-state index in [0.29, 0.717) is 18.9 Å². The van der Waals surface area contributed by atoms with Crippen LogP contribution in [0.1, 0.15) is 101 Å². The third-order valence-electron chi connectivity index (χ3n) is 4.93. The first-order valence-corrected chi connectivity index (χ1v) is 11.5. The van der Waals surface area contributed by atoms with E-state index in [1.807, 2.05) is 6.92 Å². The third-order valence-corrected chi connectivity index (χ3v) is 4.93. The Balaban J connectivity index is 2.17. The van der Waals surface area contributed by atoms with E-state index in [1.165, 1.54) is 69.6 Å². The molecule has 0 aliphatic rings. The van der Waals surface area contributed by atoms with Crippen molar-refractivity contribution >= 4 is 17.7 Å². The first-order chi connectivity index (χ1) is 14.6. The summed E-state index contributed by atoms with van der Waals surface area (Å²) in [5.74, 6) is -0.806. The minimum Gasteiger partial charge on any atom is -0.507 e. The molecular weight excluding hydrogens is 382 g/mol. The molecule has 0 saturated heterocycles. The van der Waals surface area contributed by atoms with Crippen LogP contribution in [0.2, 0.25) is 0 Å². The summed E-state index contributed by atoms with van der Waals surface area (Å²) in [6.45, 7) is 4.92. The van der Waals surface area contributed by atoms with Crippen LogP contribution >= 0.6 is 0 Å². The van der Waals surface area contributed by atoms with E-state index in [2.05, 4.69) is 12.2 Å². The highest BCUT2D eigenvalue weighted by Gasteiger charge is 2.14. The van der Waals surface area contributed by atoms with Gasteiger partial charge in [0, 0.05) is 11.8 Å². The lowest BCUT2D eigenvalue weighted by molar-refractivity contribution is 0.0496. The molecule has 1 rings (SSSR count). The van der Waals surface area contributed by atoms with Crippen molar-refractivity contribution in [3.05, 3.63) is 23.8 Å². The molecule has 0 bridgehead atoms. The lowest BCUT2D eigenvalue weighted by atomic mass is 10.1.